The van der Waals surface area contributed by atoms with E-state index in [1.54, 1.807) is 18.4 Å². The number of thiazole rings is 1. The highest BCUT2D eigenvalue weighted by Crippen LogP contribution is 2.24. The first-order valence-electron chi connectivity index (χ1n) is 6.24. The first-order chi connectivity index (χ1) is 9.32. The van der Waals surface area contributed by atoms with Crippen molar-refractivity contribution in [2.45, 2.75) is 32.1 Å². The molecule has 2 aromatic rings. The van der Waals surface area contributed by atoms with E-state index in [9.17, 15) is 13.0 Å². The molecule has 2 rings (SSSR count). The van der Waals surface area contributed by atoms with Crippen LogP contribution in [0.4, 0.5) is 0 Å². The molecule has 7 heteroatoms. The number of fused-ring (bicyclic) bond motifs is 1. The van der Waals surface area contributed by atoms with Gasteiger partial charge in [0.1, 0.15) is 10.4 Å². The predicted octanol–water partition coefficient (Wildman–Crippen LogP) is 1.83. The van der Waals surface area contributed by atoms with Crippen molar-refractivity contribution in [3.8, 4) is 5.75 Å². The lowest BCUT2D eigenvalue weighted by Gasteiger charge is -2.13. The van der Waals surface area contributed by atoms with Gasteiger partial charge < -0.3 is 9.29 Å². The number of aromatic nitrogens is 1. The second-order valence-corrected chi connectivity index (χ2v) is 7.72. The van der Waals surface area contributed by atoms with Gasteiger partial charge in [-0.2, -0.15) is 4.57 Å². The van der Waals surface area contributed by atoms with Gasteiger partial charge >= 0.3 is 0 Å². The van der Waals surface area contributed by atoms with Crippen molar-refractivity contribution in [2.75, 3.05) is 7.11 Å². The van der Waals surface area contributed by atoms with Gasteiger partial charge in [-0.25, -0.2) is 8.42 Å². The quantitative estimate of drug-likeness (QED) is 0.623. The molecule has 0 spiro atoms. The molecule has 0 unspecified atom stereocenters. The standard InChI is InChI=1S/C13H17NO4S2/c1-9(20(15,16)17)6-7-14-10(2)19-13-5-4-11(18-3)8-12(13)14/h4-5,8-9H,6-7H2,1-3H3/t9-/m1/s1. The van der Waals surface area contributed by atoms with Crippen molar-refractivity contribution < 1.29 is 22.3 Å². The Morgan fingerprint density at radius 1 is 1.45 bits per heavy atom. The smallest absolute Gasteiger partial charge is 0.235 e. The molecule has 1 aromatic heterocycles. The Balaban J connectivity index is 2.31. The minimum Gasteiger partial charge on any atom is -0.748 e. The number of rotatable bonds is 5. The highest BCUT2D eigenvalue weighted by Gasteiger charge is 2.20. The summed E-state index contributed by atoms with van der Waals surface area (Å²) in [5.41, 5.74) is 1.00. The molecule has 1 heterocycles. The lowest BCUT2D eigenvalue weighted by molar-refractivity contribution is -0.673. The van der Waals surface area contributed by atoms with Gasteiger partial charge in [0, 0.05) is 13.3 Å². The molecule has 0 aliphatic rings. The predicted molar refractivity (Wildman–Crippen MR) is 77.1 cm³/mol. The summed E-state index contributed by atoms with van der Waals surface area (Å²) >= 11 is 1.64. The molecule has 0 saturated heterocycles. The zero-order valence-corrected chi connectivity index (χ0v) is 13.3. The number of hydrogen-bond donors (Lipinski definition) is 0. The van der Waals surface area contributed by atoms with Gasteiger partial charge in [0.2, 0.25) is 10.5 Å². The minimum absolute atomic E-state index is 0.306. The summed E-state index contributed by atoms with van der Waals surface area (Å²) in [5, 5.41) is 0.193. The first kappa shape index (κ1) is 15.2. The number of aryl methyl sites for hydroxylation is 2. The molecule has 1 aromatic carbocycles. The van der Waals surface area contributed by atoms with Crippen LogP contribution in [0.25, 0.3) is 10.2 Å². The molecule has 0 fully saturated rings. The maximum atomic E-state index is 11.0. The number of ether oxygens (including phenoxy) is 1. The van der Waals surface area contributed by atoms with Gasteiger partial charge in [0.05, 0.1) is 28.5 Å². The van der Waals surface area contributed by atoms with E-state index in [0.29, 0.717) is 13.0 Å². The molecule has 20 heavy (non-hydrogen) atoms. The van der Waals surface area contributed by atoms with Crippen molar-refractivity contribution in [1.82, 2.24) is 0 Å². The molecular weight excluding hydrogens is 298 g/mol. The van der Waals surface area contributed by atoms with Crippen molar-refractivity contribution in [3.05, 3.63) is 23.2 Å². The molecule has 0 aliphatic carbocycles. The molecule has 0 aliphatic heterocycles. The van der Waals surface area contributed by atoms with Gasteiger partial charge in [-0.05, 0) is 19.1 Å². The third-order valence-corrected chi connectivity index (χ3v) is 5.65. The highest BCUT2D eigenvalue weighted by molar-refractivity contribution is 7.86. The van der Waals surface area contributed by atoms with Crippen molar-refractivity contribution in [2.24, 2.45) is 0 Å². The molecule has 110 valence electrons. The lowest BCUT2D eigenvalue weighted by atomic mass is 10.3. The molecule has 0 radical (unpaired) electrons. The van der Waals surface area contributed by atoms with Crippen LogP contribution in [-0.4, -0.2) is 25.3 Å². The molecule has 0 saturated carbocycles. The molecular formula is C13H17NO4S2. The lowest BCUT2D eigenvalue weighted by Crippen LogP contribution is -2.37. The third-order valence-electron chi connectivity index (χ3n) is 3.35. The van der Waals surface area contributed by atoms with Crippen LogP contribution >= 0.6 is 11.3 Å². The van der Waals surface area contributed by atoms with Crippen molar-refractivity contribution >= 4 is 31.7 Å². The van der Waals surface area contributed by atoms with Crippen LogP contribution < -0.4 is 9.30 Å². The van der Waals surface area contributed by atoms with Gasteiger partial charge in [-0.3, -0.25) is 0 Å². The van der Waals surface area contributed by atoms with Crippen LogP contribution in [-0.2, 0) is 16.7 Å². The number of hydrogen-bond acceptors (Lipinski definition) is 5. The van der Waals surface area contributed by atoms with Crippen LogP contribution in [0.3, 0.4) is 0 Å². The Bertz CT molecular complexity index is 721. The maximum Gasteiger partial charge on any atom is 0.235 e. The Hall–Kier alpha value is -1.18. The van der Waals surface area contributed by atoms with Crippen LogP contribution in [0.15, 0.2) is 18.2 Å². The van der Waals surface area contributed by atoms with Crippen LogP contribution in [0, 0.1) is 6.92 Å². The molecule has 5 nitrogen and oxygen atoms in total. The van der Waals surface area contributed by atoms with Gasteiger partial charge in [0.15, 0.2) is 6.54 Å². The average molecular weight is 315 g/mol. The normalized spacial score (nSPS) is 13.6. The minimum atomic E-state index is -4.22. The summed E-state index contributed by atoms with van der Waals surface area (Å²) in [6, 6.07) is 5.80. The van der Waals surface area contributed by atoms with E-state index in [-0.39, 0.29) is 0 Å². The number of benzene rings is 1. The SMILES string of the molecule is COc1ccc2sc(C)[n+](CC[C@@H](C)S(=O)(=O)[O-])c2c1. The summed E-state index contributed by atoms with van der Waals surface area (Å²) in [6.45, 7) is 3.93. The summed E-state index contributed by atoms with van der Waals surface area (Å²) < 4.78 is 41.2. The van der Waals surface area contributed by atoms with E-state index in [1.807, 2.05) is 29.7 Å². The first-order valence-corrected chi connectivity index (χ1v) is 8.53. The number of nitrogens with zero attached hydrogens (tertiary/aromatic N) is 1. The summed E-state index contributed by atoms with van der Waals surface area (Å²) in [4.78, 5) is 0. The summed E-state index contributed by atoms with van der Waals surface area (Å²) in [7, 11) is -2.61. The zero-order valence-electron chi connectivity index (χ0n) is 11.6. The molecule has 1 atom stereocenters. The number of methoxy groups -OCH3 is 1. The van der Waals surface area contributed by atoms with E-state index < -0.39 is 15.4 Å². The monoisotopic (exact) mass is 315 g/mol. The van der Waals surface area contributed by atoms with Crippen molar-refractivity contribution in [3.63, 3.8) is 0 Å². The van der Waals surface area contributed by atoms with Crippen LogP contribution in [0.1, 0.15) is 18.4 Å². The van der Waals surface area contributed by atoms with Gasteiger partial charge in [-0.1, -0.05) is 11.3 Å². The Labute approximate surface area is 122 Å². The van der Waals surface area contributed by atoms with Gasteiger partial charge in [-0.15, -0.1) is 0 Å². The fourth-order valence-corrected chi connectivity index (χ4v) is 3.46. The second kappa shape index (κ2) is 5.67. The van der Waals surface area contributed by atoms with E-state index in [4.69, 9.17) is 4.74 Å². The second-order valence-electron chi connectivity index (χ2n) is 4.70. The van der Waals surface area contributed by atoms with Crippen molar-refractivity contribution in [1.29, 1.82) is 0 Å². The van der Waals surface area contributed by atoms with Gasteiger partial charge in [0.25, 0.3) is 0 Å². The fraction of sp³-hybridized carbons (Fsp3) is 0.462. The van der Waals surface area contributed by atoms with Crippen LogP contribution in [0.5, 0.6) is 5.75 Å². The van der Waals surface area contributed by atoms with E-state index in [0.717, 1.165) is 21.0 Å². The summed E-state index contributed by atoms with van der Waals surface area (Å²) in [6.07, 6.45) is 0.306. The molecule has 0 amide bonds. The topological polar surface area (TPSA) is 70.3 Å². The van der Waals surface area contributed by atoms with Crippen LogP contribution in [0.2, 0.25) is 0 Å². The highest BCUT2D eigenvalue weighted by atomic mass is 32.2. The third kappa shape index (κ3) is 3.11. The summed E-state index contributed by atoms with van der Waals surface area (Å²) in [5.74, 6) is 0.758. The van der Waals surface area contributed by atoms with E-state index >= 15 is 0 Å². The maximum absolute atomic E-state index is 11.0. The largest absolute Gasteiger partial charge is 0.748 e. The fourth-order valence-electron chi connectivity index (χ4n) is 2.04. The molecule has 0 bridgehead atoms. The Morgan fingerprint density at radius 3 is 2.75 bits per heavy atom. The van der Waals surface area contributed by atoms with E-state index in [2.05, 4.69) is 0 Å². The molecule has 0 N–H and O–H groups in total. The van der Waals surface area contributed by atoms with E-state index in [1.165, 1.54) is 6.92 Å². The average Bonchev–Trinajstić information content (AvgIpc) is 2.69. The Kier molecular flexibility index (Phi) is 4.31. The zero-order chi connectivity index (χ0) is 14.9. The Morgan fingerprint density at radius 2 is 2.15 bits per heavy atom.